The van der Waals surface area contributed by atoms with Crippen LogP contribution in [-0.2, 0) is 29.9 Å². The van der Waals surface area contributed by atoms with Crippen LogP contribution in [0.1, 0.15) is 64.7 Å². The van der Waals surface area contributed by atoms with E-state index in [4.69, 9.17) is 9.47 Å². The van der Waals surface area contributed by atoms with Crippen LogP contribution >= 0.6 is 0 Å². The van der Waals surface area contributed by atoms with E-state index in [1.807, 2.05) is 6.92 Å². The van der Waals surface area contributed by atoms with Crippen LogP contribution in [0, 0.1) is 6.92 Å². The molecule has 0 saturated carbocycles. The maximum Gasteiger partial charge on any atom is 0.377 e. The van der Waals surface area contributed by atoms with Crippen molar-refractivity contribution in [2.24, 2.45) is 0 Å². The summed E-state index contributed by atoms with van der Waals surface area (Å²) in [7, 11) is 0. The Hall–Kier alpha value is -2.74. The number of benzene rings is 1. The van der Waals surface area contributed by atoms with Crippen LogP contribution in [0.2, 0.25) is 0 Å². The highest BCUT2D eigenvalue weighted by Gasteiger charge is 2.39. The summed E-state index contributed by atoms with van der Waals surface area (Å²) >= 11 is 0. The Morgan fingerprint density at radius 3 is 2.06 bits per heavy atom. The van der Waals surface area contributed by atoms with Crippen molar-refractivity contribution >= 4 is 11.9 Å². The lowest BCUT2D eigenvalue weighted by molar-refractivity contribution is -0.151. The SMILES string of the molecule is Cc1cc(C(C)(C)C)c(OCC(=O)OCC[C@H](O)[C@H]2OC(=O)C(O)=C2O)c(C(C)(C)C)c1. The van der Waals surface area contributed by atoms with Crippen molar-refractivity contribution in [1.82, 2.24) is 0 Å². The largest absolute Gasteiger partial charge is 0.505 e. The van der Waals surface area contributed by atoms with Gasteiger partial charge >= 0.3 is 11.9 Å². The molecule has 1 aliphatic heterocycles. The minimum absolute atomic E-state index is 0.105. The molecule has 178 valence electrons. The quantitative estimate of drug-likeness (QED) is 0.540. The van der Waals surface area contributed by atoms with Gasteiger partial charge in [0.25, 0.3) is 0 Å². The first kappa shape index (κ1) is 25.5. The van der Waals surface area contributed by atoms with Crippen molar-refractivity contribution in [3.05, 3.63) is 40.3 Å². The number of cyclic esters (lactones) is 1. The maximum absolute atomic E-state index is 12.3. The standard InChI is InChI=1S/C24H34O8/c1-13-10-14(23(2,3)4)20(15(11-13)24(5,6)7)31-12-17(26)30-9-8-16(25)21-18(27)19(28)22(29)32-21/h10-11,16,21,25,27-28H,8-9,12H2,1-7H3/t16-,21+/m0/s1. The van der Waals surface area contributed by atoms with Crippen LogP contribution in [0.4, 0.5) is 0 Å². The van der Waals surface area contributed by atoms with Gasteiger partial charge in [0, 0.05) is 17.5 Å². The molecule has 0 bridgehead atoms. The van der Waals surface area contributed by atoms with Gasteiger partial charge in [0.15, 0.2) is 18.5 Å². The summed E-state index contributed by atoms with van der Waals surface area (Å²) in [4.78, 5) is 23.5. The molecular formula is C24H34O8. The zero-order chi connectivity index (χ0) is 24.4. The number of aliphatic hydroxyl groups is 3. The normalized spacial score (nSPS) is 17.9. The number of aryl methyl sites for hydroxylation is 1. The lowest BCUT2D eigenvalue weighted by Gasteiger charge is -2.30. The molecule has 0 aromatic heterocycles. The van der Waals surface area contributed by atoms with Crippen LogP contribution < -0.4 is 4.74 Å². The van der Waals surface area contributed by atoms with Gasteiger partial charge in [-0.15, -0.1) is 0 Å². The summed E-state index contributed by atoms with van der Waals surface area (Å²) in [5, 5.41) is 29.0. The van der Waals surface area contributed by atoms with Crippen molar-refractivity contribution in [3.8, 4) is 5.75 Å². The lowest BCUT2D eigenvalue weighted by Crippen LogP contribution is -2.30. The molecule has 3 N–H and O–H groups in total. The van der Waals surface area contributed by atoms with Crippen LogP contribution in [0.5, 0.6) is 5.75 Å². The van der Waals surface area contributed by atoms with Crippen LogP contribution in [0.15, 0.2) is 23.7 Å². The van der Waals surface area contributed by atoms with E-state index < -0.39 is 35.7 Å². The van der Waals surface area contributed by atoms with Gasteiger partial charge in [0.2, 0.25) is 5.76 Å². The molecule has 0 saturated heterocycles. The third-order valence-electron chi connectivity index (χ3n) is 5.15. The van der Waals surface area contributed by atoms with E-state index in [-0.39, 0.29) is 30.5 Å². The Labute approximate surface area is 188 Å². The van der Waals surface area contributed by atoms with E-state index in [9.17, 15) is 24.9 Å². The molecule has 8 heteroatoms. The predicted molar refractivity (Wildman–Crippen MR) is 118 cm³/mol. The molecule has 0 aliphatic carbocycles. The van der Waals surface area contributed by atoms with Crippen LogP contribution in [-0.4, -0.2) is 52.7 Å². The Balaban J connectivity index is 2.02. The predicted octanol–water partition coefficient (Wildman–Crippen LogP) is 3.52. The van der Waals surface area contributed by atoms with Gasteiger partial charge in [-0.2, -0.15) is 0 Å². The van der Waals surface area contributed by atoms with Crippen molar-refractivity contribution in [1.29, 1.82) is 0 Å². The second-order valence-electron chi connectivity index (χ2n) is 10.1. The molecular weight excluding hydrogens is 416 g/mol. The molecule has 1 aromatic carbocycles. The zero-order valence-electron chi connectivity index (χ0n) is 19.8. The number of carbonyl (C=O) groups excluding carboxylic acids is 2. The summed E-state index contributed by atoms with van der Waals surface area (Å²) in [6.07, 6.45) is -2.82. The number of hydrogen-bond donors (Lipinski definition) is 3. The Morgan fingerprint density at radius 1 is 1.09 bits per heavy atom. The number of ether oxygens (including phenoxy) is 3. The van der Waals surface area contributed by atoms with E-state index in [1.165, 1.54) is 0 Å². The smallest absolute Gasteiger partial charge is 0.377 e. The Morgan fingerprint density at radius 2 is 1.62 bits per heavy atom. The zero-order valence-corrected chi connectivity index (χ0v) is 19.8. The highest BCUT2D eigenvalue weighted by Crippen LogP contribution is 2.40. The van der Waals surface area contributed by atoms with E-state index in [2.05, 4.69) is 58.4 Å². The Bertz CT molecular complexity index is 867. The van der Waals surface area contributed by atoms with Gasteiger partial charge in [0.1, 0.15) is 11.9 Å². The molecule has 1 aliphatic rings. The molecule has 1 aromatic rings. The van der Waals surface area contributed by atoms with Crippen LogP contribution in [0.25, 0.3) is 0 Å². The average Bonchev–Trinajstić information content (AvgIpc) is 2.92. The van der Waals surface area contributed by atoms with E-state index in [1.54, 1.807) is 0 Å². The summed E-state index contributed by atoms with van der Waals surface area (Å²) in [6.45, 7) is 14.0. The molecule has 8 nitrogen and oxygen atoms in total. The van der Waals surface area contributed by atoms with Crippen molar-refractivity contribution in [2.75, 3.05) is 13.2 Å². The van der Waals surface area contributed by atoms with Crippen molar-refractivity contribution < 1.29 is 39.1 Å². The van der Waals surface area contributed by atoms with Crippen LogP contribution in [0.3, 0.4) is 0 Å². The third-order valence-corrected chi connectivity index (χ3v) is 5.15. The topological polar surface area (TPSA) is 123 Å². The van der Waals surface area contributed by atoms with E-state index in [0.717, 1.165) is 16.7 Å². The summed E-state index contributed by atoms with van der Waals surface area (Å²) in [5.41, 5.74) is 2.70. The molecule has 2 rings (SSSR count). The van der Waals surface area contributed by atoms with Gasteiger partial charge in [-0.1, -0.05) is 59.2 Å². The molecule has 32 heavy (non-hydrogen) atoms. The lowest BCUT2D eigenvalue weighted by atomic mass is 9.78. The minimum Gasteiger partial charge on any atom is -0.505 e. The van der Waals surface area contributed by atoms with Gasteiger partial charge in [-0.25, -0.2) is 9.59 Å². The number of aliphatic hydroxyl groups excluding tert-OH is 3. The first-order valence-electron chi connectivity index (χ1n) is 10.6. The molecule has 0 fully saturated rings. The molecule has 0 spiro atoms. The monoisotopic (exact) mass is 450 g/mol. The number of esters is 2. The number of carbonyl (C=O) groups is 2. The van der Waals surface area contributed by atoms with Gasteiger partial charge in [-0.3, -0.25) is 0 Å². The van der Waals surface area contributed by atoms with E-state index in [0.29, 0.717) is 5.75 Å². The van der Waals surface area contributed by atoms with Crippen molar-refractivity contribution in [2.45, 2.75) is 77.9 Å². The van der Waals surface area contributed by atoms with E-state index >= 15 is 0 Å². The minimum atomic E-state index is -1.38. The average molecular weight is 451 g/mol. The summed E-state index contributed by atoms with van der Waals surface area (Å²) in [5.74, 6) is -2.73. The third kappa shape index (κ3) is 5.94. The first-order valence-corrected chi connectivity index (χ1v) is 10.6. The van der Waals surface area contributed by atoms with Crippen molar-refractivity contribution in [3.63, 3.8) is 0 Å². The van der Waals surface area contributed by atoms with Gasteiger partial charge < -0.3 is 29.5 Å². The fourth-order valence-corrected chi connectivity index (χ4v) is 3.39. The Kier molecular flexibility index (Phi) is 7.50. The summed E-state index contributed by atoms with van der Waals surface area (Å²) < 4.78 is 15.8. The molecule has 0 radical (unpaired) electrons. The van der Waals surface area contributed by atoms with Gasteiger partial charge in [0.05, 0.1) is 6.61 Å². The highest BCUT2D eigenvalue weighted by atomic mass is 16.6. The summed E-state index contributed by atoms with van der Waals surface area (Å²) in [6, 6.07) is 4.12. The molecule has 1 heterocycles. The maximum atomic E-state index is 12.3. The first-order chi connectivity index (χ1) is 14.6. The molecule has 0 amide bonds. The number of hydrogen-bond acceptors (Lipinski definition) is 8. The van der Waals surface area contributed by atoms with Gasteiger partial charge in [-0.05, 0) is 17.8 Å². The fraction of sp³-hybridized carbons (Fsp3) is 0.583. The second kappa shape index (κ2) is 9.40. The number of rotatable bonds is 7. The second-order valence-corrected chi connectivity index (χ2v) is 10.1. The molecule has 0 unspecified atom stereocenters. The highest BCUT2D eigenvalue weighted by molar-refractivity contribution is 5.89. The molecule has 2 atom stereocenters. The fourth-order valence-electron chi connectivity index (χ4n) is 3.39.